The van der Waals surface area contributed by atoms with E-state index in [-0.39, 0.29) is 18.5 Å². The first-order chi connectivity index (χ1) is 12.2. The van der Waals surface area contributed by atoms with Crippen molar-refractivity contribution in [2.24, 2.45) is 0 Å². The van der Waals surface area contributed by atoms with Crippen LogP contribution < -0.4 is 5.32 Å². The molecule has 2 aliphatic rings. The number of nitrogens with one attached hydrogen (secondary N) is 1. The number of benzene rings is 1. The lowest BCUT2D eigenvalue weighted by atomic mass is 10.0. The van der Waals surface area contributed by atoms with Crippen molar-refractivity contribution in [2.45, 2.75) is 31.8 Å². The summed E-state index contributed by atoms with van der Waals surface area (Å²) in [6.07, 6.45) is 2.20. The molecular weight excluding hydrogens is 316 g/mol. The fraction of sp³-hybridized carbons (Fsp3) is 0.579. The van der Waals surface area contributed by atoms with Crippen molar-refractivity contribution >= 4 is 11.6 Å². The van der Waals surface area contributed by atoms with Gasteiger partial charge in [0.1, 0.15) is 0 Å². The molecule has 0 spiro atoms. The van der Waals surface area contributed by atoms with Crippen LogP contribution in [0.2, 0.25) is 0 Å². The van der Waals surface area contributed by atoms with Gasteiger partial charge in [-0.2, -0.15) is 5.26 Å². The molecule has 6 nitrogen and oxygen atoms in total. The van der Waals surface area contributed by atoms with Gasteiger partial charge in [-0.15, -0.1) is 0 Å². The molecule has 1 aromatic carbocycles. The van der Waals surface area contributed by atoms with E-state index in [4.69, 9.17) is 10.00 Å². The largest absolute Gasteiger partial charge is 0.381 e. The van der Waals surface area contributed by atoms with E-state index < -0.39 is 0 Å². The highest BCUT2D eigenvalue weighted by atomic mass is 16.5. The van der Waals surface area contributed by atoms with Crippen molar-refractivity contribution in [2.75, 3.05) is 44.7 Å². The summed E-state index contributed by atoms with van der Waals surface area (Å²) in [5, 5.41) is 12.0. The van der Waals surface area contributed by atoms with Gasteiger partial charge in [-0.3, -0.25) is 9.69 Å². The summed E-state index contributed by atoms with van der Waals surface area (Å²) in [7, 11) is 0. The Bertz CT molecular complexity index is 619. The molecule has 0 bridgehead atoms. The van der Waals surface area contributed by atoms with Crippen molar-refractivity contribution in [1.82, 2.24) is 9.80 Å². The molecule has 2 heterocycles. The molecule has 0 radical (unpaired) electrons. The van der Waals surface area contributed by atoms with E-state index in [2.05, 4.69) is 23.2 Å². The van der Waals surface area contributed by atoms with Gasteiger partial charge < -0.3 is 15.0 Å². The zero-order valence-corrected chi connectivity index (χ0v) is 14.8. The maximum Gasteiger partial charge on any atom is 0.242 e. The molecule has 0 aromatic heterocycles. The predicted octanol–water partition coefficient (Wildman–Crippen LogP) is 1.68. The van der Waals surface area contributed by atoms with E-state index >= 15 is 0 Å². The Morgan fingerprint density at radius 3 is 2.64 bits per heavy atom. The Hall–Kier alpha value is -2.10. The van der Waals surface area contributed by atoms with Crippen LogP contribution >= 0.6 is 0 Å². The van der Waals surface area contributed by atoms with Gasteiger partial charge in [0.25, 0.3) is 0 Å². The second kappa shape index (κ2) is 8.32. The van der Waals surface area contributed by atoms with E-state index in [9.17, 15) is 4.79 Å². The number of hydrogen-bond donors (Lipinski definition) is 1. The van der Waals surface area contributed by atoms with Gasteiger partial charge in [-0.05, 0) is 44.0 Å². The number of nitrogens with zero attached hydrogens (tertiary/aromatic N) is 3. The minimum absolute atomic E-state index is 0.128. The lowest BCUT2D eigenvalue weighted by Gasteiger charge is -2.44. The Morgan fingerprint density at radius 1 is 1.28 bits per heavy atom. The van der Waals surface area contributed by atoms with Crippen molar-refractivity contribution in [3.63, 3.8) is 0 Å². The van der Waals surface area contributed by atoms with E-state index in [1.54, 1.807) is 12.1 Å². The molecule has 3 rings (SSSR count). The molecule has 2 saturated heterocycles. The van der Waals surface area contributed by atoms with Gasteiger partial charge in [-0.25, -0.2) is 0 Å². The molecule has 134 valence electrons. The Morgan fingerprint density at radius 2 is 2.00 bits per heavy atom. The van der Waals surface area contributed by atoms with Crippen molar-refractivity contribution in [3.05, 3.63) is 29.8 Å². The van der Waals surface area contributed by atoms with Crippen LogP contribution in [0.25, 0.3) is 0 Å². The average molecular weight is 342 g/mol. The number of anilines is 1. The lowest BCUT2D eigenvalue weighted by molar-refractivity contribution is -0.134. The van der Waals surface area contributed by atoms with Crippen LogP contribution in [0.3, 0.4) is 0 Å². The number of nitriles is 1. The Kier molecular flexibility index (Phi) is 5.90. The van der Waals surface area contributed by atoms with E-state index in [0.717, 1.165) is 51.4 Å². The maximum atomic E-state index is 12.6. The summed E-state index contributed by atoms with van der Waals surface area (Å²) in [5.74, 6) is 0.128. The van der Waals surface area contributed by atoms with E-state index in [1.807, 2.05) is 17.0 Å². The SMILES string of the molecule is C[C@@H]1CN(C2CCOCC2)CCN1C(=O)CNc1ccc(C#N)cc1. The third-order valence-corrected chi connectivity index (χ3v) is 5.14. The van der Waals surface area contributed by atoms with Crippen LogP contribution in [0.4, 0.5) is 5.69 Å². The van der Waals surface area contributed by atoms with Crippen LogP contribution in [-0.2, 0) is 9.53 Å². The molecule has 0 saturated carbocycles. The predicted molar refractivity (Wildman–Crippen MR) is 96.2 cm³/mol. The highest BCUT2D eigenvalue weighted by Gasteiger charge is 2.31. The minimum Gasteiger partial charge on any atom is -0.381 e. The van der Waals surface area contributed by atoms with Gasteiger partial charge in [-0.1, -0.05) is 0 Å². The molecule has 2 fully saturated rings. The number of carbonyl (C=O) groups is 1. The third-order valence-electron chi connectivity index (χ3n) is 5.14. The number of hydrogen-bond acceptors (Lipinski definition) is 5. The summed E-state index contributed by atoms with van der Waals surface area (Å²) < 4.78 is 5.45. The second-order valence-corrected chi connectivity index (χ2v) is 6.82. The minimum atomic E-state index is 0.128. The monoisotopic (exact) mass is 342 g/mol. The first-order valence-corrected chi connectivity index (χ1v) is 9.02. The van der Waals surface area contributed by atoms with Crippen LogP contribution in [-0.4, -0.2) is 67.2 Å². The highest BCUT2D eigenvalue weighted by Crippen LogP contribution is 2.19. The summed E-state index contributed by atoms with van der Waals surface area (Å²) in [4.78, 5) is 17.1. The van der Waals surface area contributed by atoms with Crippen LogP contribution in [0, 0.1) is 11.3 Å². The molecule has 2 aliphatic heterocycles. The van der Waals surface area contributed by atoms with Crippen molar-refractivity contribution in [1.29, 1.82) is 5.26 Å². The summed E-state index contributed by atoms with van der Waals surface area (Å²) in [6, 6.07) is 10.1. The number of amides is 1. The molecule has 0 aliphatic carbocycles. The smallest absolute Gasteiger partial charge is 0.242 e. The number of piperazine rings is 1. The van der Waals surface area contributed by atoms with Crippen LogP contribution in [0.15, 0.2) is 24.3 Å². The van der Waals surface area contributed by atoms with E-state index in [0.29, 0.717) is 11.6 Å². The standard InChI is InChI=1S/C19H26N4O2/c1-15-14-22(18-6-10-25-11-7-18)8-9-23(15)19(24)13-21-17-4-2-16(12-20)3-5-17/h2-5,15,18,21H,6-11,13-14H2,1H3/t15-/m1/s1. The number of carbonyl (C=O) groups excluding carboxylic acids is 1. The molecule has 25 heavy (non-hydrogen) atoms. The maximum absolute atomic E-state index is 12.6. The number of ether oxygens (including phenoxy) is 1. The van der Waals surface area contributed by atoms with E-state index in [1.165, 1.54) is 0 Å². The summed E-state index contributed by atoms with van der Waals surface area (Å²) in [5.41, 5.74) is 1.48. The zero-order chi connectivity index (χ0) is 17.6. The lowest BCUT2D eigenvalue weighted by Crippen LogP contribution is -2.58. The van der Waals surface area contributed by atoms with Gasteiger partial charge in [0.05, 0.1) is 18.2 Å². The first kappa shape index (κ1) is 17.7. The fourth-order valence-electron chi connectivity index (χ4n) is 3.68. The van der Waals surface area contributed by atoms with Crippen molar-refractivity contribution < 1.29 is 9.53 Å². The van der Waals surface area contributed by atoms with Gasteiger partial charge in [0.2, 0.25) is 5.91 Å². The molecule has 1 amide bonds. The topological polar surface area (TPSA) is 68.6 Å². The second-order valence-electron chi connectivity index (χ2n) is 6.82. The molecular formula is C19H26N4O2. The molecule has 6 heteroatoms. The van der Waals surface area contributed by atoms with Crippen molar-refractivity contribution in [3.8, 4) is 6.07 Å². The highest BCUT2D eigenvalue weighted by molar-refractivity contribution is 5.81. The van der Waals surface area contributed by atoms with Crippen LogP contribution in [0.5, 0.6) is 0 Å². The molecule has 0 unspecified atom stereocenters. The molecule has 1 N–H and O–H groups in total. The quantitative estimate of drug-likeness (QED) is 0.902. The summed E-state index contributed by atoms with van der Waals surface area (Å²) >= 11 is 0. The van der Waals surface area contributed by atoms with Gasteiger partial charge in [0.15, 0.2) is 0 Å². The zero-order valence-electron chi connectivity index (χ0n) is 14.8. The van der Waals surface area contributed by atoms with Gasteiger partial charge in [0, 0.05) is 50.6 Å². The third kappa shape index (κ3) is 4.50. The Labute approximate surface area is 149 Å². The fourth-order valence-corrected chi connectivity index (χ4v) is 3.68. The summed E-state index contributed by atoms with van der Waals surface area (Å²) in [6.45, 7) is 6.79. The normalized spacial score (nSPS) is 22.4. The first-order valence-electron chi connectivity index (χ1n) is 9.02. The number of rotatable bonds is 4. The molecule has 1 aromatic rings. The molecule has 1 atom stereocenters. The van der Waals surface area contributed by atoms with Gasteiger partial charge >= 0.3 is 0 Å². The Balaban J connectivity index is 1.48. The van der Waals surface area contributed by atoms with Crippen LogP contribution in [0.1, 0.15) is 25.3 Å². The average Bonchev–Trinajstić information content (AvgIpc) is 2.67.